The standard InChI is InChI=1S/C11H20N2O/c1-3-7(4-2)11(14)13-10-8-5-12-6-9(8)10/h7-10,12H,3-6H2,1-2H3,(H,13,14)/t8-,9+,10?. The number of nitrogens with one attached hydrogen (secondary N) is 2. The van der Waals surface area contributed by atoms with Gasteiger partial charge < -0.3 is 10.6 Å². The molecular formula is C11H20N2O. The third-order valence-corrected chi connectivity index (χ3v) is 3.76. The van der Waals surface area contributed by atoms with Gasteiger partial charge in [-0.15, -0.1) is 0 Å². The van der Waals surface area contributed by atoms with Crippen LogP contribution in [0.4, 0.5) is 0 Å². The zero-order valence-electron chi connectivity index (χ0n) is 9.05. The molecule has 2 aliphatic rings. The van der Waals surface area contributed by atoms with Gasteiger partial charge >= 0.3 is 0 Å². The van der Waals surface area contributed by atoms with E-state index in [0.717, 1.165) is 37.8 Å². The van der Waals surface area contributed by atoms with Crippen LogP contribution in [-0.4, -0.2) is 25.0 Å². The third kappa shape index (κ3) is 1.65. The molecule has 0 radical (unpaired) electrons. The molecule has 2 N–H and O–H groups in total. The van der Waals surface area contributed by atoms with E-state index in [4.69, 9.17) is 0 Å². The quantitative estimate of drug-likeness (QED) is 0.697. The zero-order valence-corrected chi connectivity index (χ0v) is 9.05. The summed E-state index contributed by atoms with van der Waals surface area (Å²) in [6, 6.07) is 0.490. The van der Waals surface area contributed by atoms with Gasteiger partial charge in [0.15, 0.2) is 0 Å². The Morgan fingerprint density at radius 3 is 2.43 bits per heavy atom. The Balaban J connectivity index is 1.78. The van der Waals surface area contributed by atoms with Gasteiger partial charge in [0.2, 0.25) is 5.91 Å². The van der Waals surface area contributed by atoms with Crippen LogP contribution >= 0.6 is 0 Å². The van der Waals surface area contributed by atoms with Gasteiger partial charge in [-0.25, -0.2) is 0 Å². The smallest absolute Gasteiger partial charge is 0.223 e. The van der Waals surface area contributed by atoms with E-state index >= 15 is 0 Å². The van der Waals surface area contributed by atoms with E-state index in [1.54, 1.807) is 0 Å². The molecule has 3 nitrogen and oxygen atoms in total. The molecule has 14 heavy (non-hydrogen) atoms. The van der Waals surface area contributed by atoms with Gasteiger partial charge in [0.1, 0.15) is 0 Å². The first kappa shape index (κ1) is 9.97. The van der Waals surface area contributed by atoms with Crippen molar-refractivity contribution in [2.24, 2.45) is 17.8 Å². The average Bonchev–Trinajstić information content (AvgIpc) is 2.65. The lowest BCUT2D eigenvalue weighted by Crippen LogP contribution is -2.36. The molecule has 1 aliphatic heterocycles. The monoisotopic (exact) mass is 196 g/mol. The molecular weight excluding hydrogens is 176 g/mol. The van der Waals surface area contributed by atoms with Crippen LogP contribution < -0.4 is 10.6 Å². The van der Waals surface area contributed by atoms with Crippen LogP contribution in [0.5, 0.6) is 0 Å². The number of rotatable bonds is 4. The SMILES string of the molecule is CCC(CC)C(=O)NC1[C@H]2CNC[C@@H]12. The zero-order chi connectivity index (χ0) is 10.1. The summed E-state index contributed by atoms with van der Waals surface area (Å²) >= 11 is 0. The largest absolute Gasteiger partial charge is 0.352 e. The van der Waals surface area contributed by atoms with Crippen molar-refractivity contribution in [3.8, 4) is 0 Å². The molecule has 80 valence electrons. The van der Waals surface area contributed by atoms with E-state index in [-0.39, 0.29) is 11.8 Å². The van der Waals surface area contributed by atoms with Crippen LogP contribution in [0.1, 0.15) is 26.7 Å². The molecule has 1 saturated carbocycles. The second kappa shape index (κ2) is 3.89. The highest BCUT2D eigenvalue weighted by molar-refractivity contribution is 5.79. The number of piperidine rings is 1. The minimum Gasteiger partial charge on any atom is -0.352 e. The number of fused-ring (bicyclic) bond motifs is 1. The van der Waals surface area contributed by atoms with Gasteiger partial charge in [-0.2, -0.15) is 0 Å². The fourth-order valence-corrected chi connectivity index (χ4v) is 2.57. The summed E-state index contributed by atoms with van der Waals surface area (Å²) in [6.07, 6.45) is 1.92. The van der Waals surface area contributed by atoms with E-state index < -0.39 is 0 Å². The summed E-state index contributed by atoms with van der Waals surface area (Å²) in [5.74, 6) is 1.96. The van der Waals surface area contributed by atoms with Gasteiger partial charge in [-0.05, 0) is 24.7 Å². The third-order valence-electron chi connectivity index (χ3n) is 3.76. The lowest BCUT2D eigenvalue weighted by molar-refractivity contribution is -0.125. The predicted molar refractivity (Wildman–Crippen MR) is 55.9 cm³/mol. The van der Waals surface area contributed by atoms with E-state index in [1.807, 2.05) is 0 Å². The van der Waals surface area contributed by atoms with E-state index in [2.05, 4.69) is 24.5 Å². The van der Waals surface area contributed by atoms with Crippen LogP contribution in [0.15, 0.2) is 0 Å². The van der Waals surface area contributed by atoms with E-state index in [1.165, 1.54) is 0 Å². The van der Waals surface area contributed by atoms with Crippen molar-refractivity contribution in [1.29, 1.82) is 0 Å². The van der Waals surface area contributed by atoms with Crippen LogP contribution in [0.2, 0.25) is 0 Å². The number of hydrogen-bond acceptors (Lipinski definition) is 2. The molecule has 3 heteroatoms. The van der Waals surface area contributed by atoms with Crippen molar-refractivity contribution >= 4 is 5.91 Å². The summed E-state index contributed by atoms with van der Waals surface area (Å²) in [5, 5.41) is 6.51. The number of hydrogen-bond donors (Lipinski definition) is 2. The summed E-state index contributed by atoms with van der Waals surface area (Å²) in [6.45, 7) is 6.36. The van der Waals surface area contributed by atoms with Crippen molar-refractivity contribution in [3.63, 3.8) is 0 Å². The molecule has 0 bridgehead atoms. The fourth-order valence-electron chi connectivity index (χ4n) is 2.57. The van der Waals surface area contributed by atoms with Gasteiger partial charge in [-0.1, -0.05) is 13.8 Å². The van der Waals surface area contributed by atoms with Crippen molar-refractivity contribution in [2.45, 2.75) is 32.7 Å². The van der Waals surface area contributed by atoms with Crippen LogP contribution in [-0.2, 0) is 4.79 Å². The average molecular weight is 196 g/mol. The van der Waals surface area contributed by atoms with Crippen LogP contribution in [0.25, 0.3) is 0 Å². The summed E-state index contributed by atoms with van der Waals surface area (Å²) in [7, 11) is 0. The minimum atomic E-state index is 0.226. The number of amides is 1. The molecule has 0 spiro atoms. The molecule has 3 atom stereocenters. The molecule has 1 amide bonds. The molecule has 0 aromatic heterocycles. The Kier molecular flexibility index (Phi) is 2.77. The van der Waals surface area contributed by atoms with Crippen molar-refractivity contribution in [3.05, 3.63) is 0 Å². The second-order valence-electron chi connectivity index (χ2n) is 4.53. The predicted octanol–water partition coefficient (Wildman–Crippen LogP) is 0.757. The lowest BCUT2D eigenvalue weighted by atomic mass is 10.0. The maximum Gasteiger partial charge on any atom is 0.223 e. The fraction of sp³-hybridized carbons (Fsp3) is 0.909. The number of carbonyl (C=O) groups is 1. The Morgan fingerprint density at radius 1 is 1.36 bits per heavy atom. The van der Waals surface area contributed by atoms with Gasteiger partial charge in [0.05, 0.1) is 0 Å². The molecule has 1 unspecified atom stereocenters. The highest BCUT2D eigenvalue weighted by Gasteiger charge is 2.53. The Hall–Kier alpha value is -0.570. The molecule has 2 rings (SSSR count). The highest BCUT2D eigenvalue weighted by Crippen LogP contribution is 2.41. The molecule has 1 aliphatic carbocycles. The lowest BCUT2D eigenvalue weighted by Gasteiger charge is -2.13. The maximum absolute atomic E-state index is 11.8. The first-order valence-electron chi connectivity index (χ1n) is 5.79. The van der Waals surface area contributed by atoms with Crippen molar-refractivity contribution in [2.75, 3.05) is 13.1 Å². The Morgan fingerprint density at radius 2 is 1.93 bits per heavy atom. The summed E-state index contributed by atoms with van der Waals surface area (Å²) in [4.78, 5) is 11.8. The summed E-state index contributed by atoms with van der Waals surface area (Å²) < 4.78 is 0. The highest BCUT2D eigenvalue weighted by atomic mass is 16.2. The van der Waals surface area contributed by atoms with Crippen molar-refractivity contribution < 1.29 is 4.79 Å². The second-order valence-corrected chi connectivity index (χ2v) is 4.53. The van der Waals surface area contributed by atoms with Crippen molar-refractivity contribution in [1.82, 2.24) is 10.6 Å². The molecule has 2 fully saturated rings. The maximum atomic E-state index is 11.8. The topological polar surface area (TPSA) is 41.1 Å². The Labute approximate surface area is 85.6 Å². The summed E-state index contributed by atoms with van der Waals surface area (Å²) in [5.41, 5.74) is 0. The molecule has 1 heterocycles. The van der Waals surface area contributed by atoms with Crippen LogP contribution in [0.3, 0.4) is 0 Å². The number of carbonyl (C=O) groups excluding carboxylic acids is 1. The van der Waals surface area contributed by atoms with E-state index in [0.29, 0.717) is 6.04 Å². The normalized spacial score (nSPS) is 34.4. The molecule has 0 aromatic rings. The van der Waals surface area contributed by atoms with Gasteiger partial charge in [0, 0.05) is 25.0 Å². The van der Waals surface area contributed by atoms with Gasteiger partial charge in [-0.3, -0.25) is 4.79 Å². The van der Waals surface area contributed by atoms with E-state index in [9.17, 15) is 4.79 Å². The first-order valence-corrected chi connectivity index (χ1v) is 5.79. The minimum absolute atomic E-state index is 0.226. The van der Waals surface area contributed by atoms with Gasteiger partial charge in [0.25, 0.3) is 0 Å². The molecule has 0 aromatic carbocycles. The Bertz CT molecular complexity index is 215. The molecule has 1 saturated heterocycles. The van der Waals surface area contributed by atoms with Crippen LogP contribution in [0, 0.1) is 17.8 Å². The first-order chi connectivity index (χ1) is 6.77.